The second kappa shape index (κ2) is 10.5. The molecular formula is C25H29Cl2N5. The van der Waals surface area contributed by atoms with Crippen molar-refractivity contribution < 1.29 is 0 Å². The molecule has 3 aromatic rings. The van der Waals surface area contributed by atoms with Crippen LogP contribution in [0.15, 0.2) is 30.5 Å². The summed E-state index contributed by atoms with van der Waals surface area (Å²) in [6, 6.07) is 7.28. The molecule has 0 aliphatic heterocycles. The van der Waals surface area contributed by atoms with E-state index in [1.54, 1.807) is 23.0 Å². The molecule has 0 saturated heterocycles. The first kappa shape index (κ1) is 24.2. The molecule has 0 N–H and O–H groups in total. The molecule has 4 rings (SSSR count). The molecule has 0 fully saturated rings. The van der Waals surface area contributed by atoms with Gasteiger partial charge in [-0.15, -0.1) is 0 Å². The van der Waals surface area contributed by atoms with Gasteiger partial charge >= 0.3 is 0 Å². The van der Waals surface area contributed by atoms with Gasteiger partial charge in [-0.3, -0.25) is 0 Å². The van der Waals surface area contributed by atoms with Crippen LogP contribution in [0, 0.1) is 23.2 Å². The molecule has 32 heavy (non-hydrogen) atoms. The van der Waals surface area contributed by atoms with Gasteiger partial charge in [0.15, 0.2) is 11.3 Å². The average Bonchev–Trinajstić information content (AvgIpc) is 3.14. The van der Waals surface area contributed by atoms with E-state index in [0.29, 0.717) is 33.0 Å². The lowest BCUT2D eigenvalue weighted by Gasteiger charge is -2.25. The summed E-state index contributed by atoms with van der Waals surface area (Å²) < 4.78 is 1.73. The van der Waals surface area contributed by atoms with Crippen molar-refractivity contribution in [3.05, 3.63) is 57.5 Å². The SMILES string of the molecule is CC1CC=C(c2cnc3c(C#N)nn(C(C)c4ccc(Cl)cc4Cl)c3n2)CC1C.CCC. The molecule has 3 atom stereocenters. The Morgan fingerprint density at radius 2 is 1.94 bits per heavy atom. The fraction of sp³-hybridized carbons (Fsp3) is 0.440. The fourth-order valence-corrected chi connectivity index (χ4v) is 4.35. The molecule has 168 valence electrons. The molecule has 7 heteroatoms. The Kier molecular flexibility index (Phi) is 7.92. The second-order valence-corrected chi connectivity index (χ2v) is 9.35. The van der Waals surface area contributed by atoms with E-state index in [1.807, 2.05) is 13.0 Å². The maximum atomic E-state index is 9.53. The van der Waals surface area contributed by atoms with Crippen molar-refractivity contribution in [1.29, 1.82) is 5.26 Å². The first-order valence-corrected chi connectivity index (χ1v) is 11.9. The molecule has 5 nitrogen and oxygen atoms in total. The molecule has 1 aliphatic rings. The summed E-state index contributed by atoms with van der Waals surface area (Å²) in [6.07, 6.45) is 7.27. The molecule has 2 aromatic heterocycles. The van der Waals surface area contributed by atoms with Crippen LogP contribution in [0.25, 0.3) is 16.7 Å². The Labute approximate surface area is 200 Å². The first-order valence-electron chi connectivity index (χ1n) is 11.1. The number of hydrogen-bond donors (Lipinski definition) is 0. The Hall–Kier alpha value is -2.42. The minimum Gasteiger partial charge on any atom is -0.247 e. The molecule has 0 radical (unpaired) electrons. The molecular weight excluding hydrogens is 441 g/mol. The maximum Gasteiger partial charge on any atom is 0.190 e. The molecule has 2 heterocycles. The van der Waals surface area contributed by atoms with Gasteiger partial charge in [-0.25, -0.2) is 14.6 Å². The van der Waals surface area contributed by atoms with Crippen LogP contribution in [0.5, 0.6) is 0 Å². The van der Waals surface area contributed by atoms with E-state index >= 15 is 0 Å². The van der Waals surface area contributed by atoms with Gasteiger partial charge in [-0.2, -0.15) is 10.4 Å². The van der Waals surface area contributed by atoms with Crippen molar-refractivity contribution in [2.24, 2.45) is 11.8 Å². The van der Waals surface area contributed by atoms with Crippen LogP contribution in [0.1, 0.15) is 76.9 Å². The fourth-order valence-electron chi connectivity index (χ4n) is 3.78. The second-order valence-electron chi connectivity index (χ2n) is 8.51. The van der Waals surface area contributed by atoms with Gasteiger partial charge in [0.2, 0.25) is 0 Å². The van der Waals surface area contributed by atoms with Gasteiger partial charge in [-0.1, -0.05) is 69.5 Å². The molecule has 0 spiro atoms. The zero-order valence-corrected chi connectivity index (χ0v) is 20.7. The minimum atomic E-state index is -0.229. The topological polar surface area (TPSA) is 67.4 Å². The Balaban J connectivity index is 0.000000913. The highest BCUT2D eigenvalue weighted by molar-refractivity contribution is 6.35. The number of halogens is 2. The number of nitrogens with zero attached hydrogens (tertiary/aromatic N) is 5. The lowest BCUT2D eigenvalue weighted by atomic mass is 9.81. The number of nitriles is 1. The largest absolute Gasteiger partial charge is 0.247 e. The zero-order chi connectivity index (χ0) is 23.4. The van der Waals surface area contributed by atoms with Gasteiger partial charge < -0.3 is 0 Å². The summed E-state index contributed by atoms with van der Waals surface area (Å²) in [4.78, 5) is 9.41. The van der Waals surface area contributed by atoms with Gasteiger partial charge in [0, 0.05) is 10.0 Å². The van der Waals surface area contributed by atoms with Gasteiger partial charge in [-0.05, 0) is 54.9 Å². The van der Waals surface area contributed by atoms with Crippen LogP contribution in [-0.2, 0) is 0 Å². The van der Waals surface area contributed by atoms with Crippen LogP contribution in [0.4, 0.5) is 0 Å². The molecule has 0 bridgehead atoms. The van der Waals surface area contributed by atoms with E-state index in [0.717, 1.165) is 24.1 Å². The van der Waals surface area contributed by atoms with Crippen molar-refractivity contribution >= 4 is 39.9 Å². The van der Waals surface area contributed by atoms with Crippen molar-refractivity contribution in [2.45, 2.75) is 59.9 Å². The minimum absolute atomic E-state index is 0.229. The van der Waals surface area contributed by atoms with Crippen LogP contribution in [-0.4, -0.2) is 19.7 Å². The normalized spacial score (nSPS) is 19.0. The van der Waals surface area contributed by atoms with E-state index in [4.69, 9.17) is 28.2 Å². The van der Waals surface area contributed by atoms with Crippen molar-refractivity contribution in [3.63, 3.8) is 0 Å². The summed E-state index contributed by atoms with van der Waals surface area (Å²) in [5, 5.41) is 15.1. The third-order valence-electron chi connectivity index (χ3n) is 5.87. The Morgan fingerprint density at radius 1 is 1.22 bits per heavy atom. The summed E-state index contributed by atoms with van der Waals surface area (Å²) in [7, 11) is 0. The summed E-state index contributed by atoms with van der Waals surface area (Å²) >= 11 is 12.5. The molecule has 0 saturated carbocycles. The summed E-state index contributed by atoms with van der Waals surface area (Å²) in [5.41, 5.74) is 4.26. The van der Waals surface area contributed by atoms with Crippen LogP contribution in [0.3, 0.4) is 0 Å². The Bertz CT molecular complexity index is 1180. The molecule has 0 amide bonds. The highest BCUT2D eigenvalue weighted by Gasteiger charge is 2.23. The van der Waals surface area contributed by atoms with Crippen molar-refractivity contribution in [3.8, 4) is 6.07 Å². The van der Waals surface area contributed by atoms with Crippen molar-refractivity contribution in [2.75, 3.05) is 0 Å². The monoisotopic (exact) mass is 469 g/mol. The highest BCUT2D eigenvalue weighted by atomic mass is 35.5. The van der Waals surface area contributed by atoms with E-state index in [9.17, 15) is 5.26 Å². The average molecular weight is 470 g/mol. The quantitative estimate of drug-likeness (QED) is 0.398. The predicted octanol–water partition coefficient (Wildman–Crippen LogP) is 7.48. The smallest absolute Gasteiger partial charge is 0.190 e. The standard InChI is InChI=1S/C22H21Cl2N5.C3H8/c1-12-4-5-15(8-13(12)2)20-11-26-21-19(10-25)28-29(22(21)27-20)14(3)17-7-6-16(23)9-18(17)24;1-3-2/h5-7,9,11-14H,4,8H2,1-3H3;3H2,1-2H3. The number of hydrogen-bond acceptors (Lipinski definition) is 4. The van der Waals surface area contributed by atoms with E-state index in [2.05, 4.69) is 49.9 Å². The lowest BCUT2D eigenvalue weighted by molar-refractivity contribution is 0.386. The predicted molar refractivity (Wildman–Crippen MR) is 132 cm³/mol. The summed E-state index contributed by atoms with van der Waals surface area (Å²) in [5.74, 6) is 1.26. The number of rotatable bonds is 3. The van der Waals surface area contributed by atoms with E-state index in [-0.39, 0.29) is 11.7 Å². The van der Waals surface area contributed by atoms with Crippen LogP contribution in [0.2, 0.25) is 10.0 Å². The maximum absolute atomic E-state index is 9.53. The van der Waals surface area contributed by atoms with E-state index < -0.39 is 0 Å². The lowest BCUT2D eigenvalue weighted by Crippen LogP contribution is -2.14. The first-order chi connectivity index (χ1) is 15.3. The van der Waals surface area contributed by atoms with Gasteiger partial charge in [0.1, 0.15) is 11.6 Å². The van der Waals surface area contributed by atoms with Crippen LogP contribution >= 0.6 is 23.2 Å². The number of fused-ring (bicyclic) bond motifs is 1. The zero-order valence-electron chi connectivity index (χ0n) is 19.2. The third kappa shape index (κ3) is 4.98. The van der Waals surface area contributed by atoms with E-state index in [1.165, 1.54) is 12.0 Å². The number of aromatic nitrogens is 4. The number of benzene rings is 1. The highest BCUT2D eigenvalue weighted by Crippen LogP contribution is 2.35. The van der Waals surface area contributed by atoms with Gasteiger partial charge in [0.05, 0.1) is 17.9 Å². The van der Waals surface area contributed by atoms with Crippen LogP contribution < -0.4 is 0 Å². The Morgan fingerprint density at radius 3 is 2.56 bits per heavy atom. The molecule has 3 unspecified atom stereocenters. The third-order valence-corrected chi connectivity index (χ3v) is 6.43. The molecule has 1 aromatic carbocycles. The summed E-state index contributed by atoms with van der Waals surface area (Å²) in [6.45, 7) is 10.8. The van der Waals surface area contributed by atoms with Crippen molar-refractivity contribution in [1.82, 2.24) is 19.7 Å². The molecule has 1 aliphatic carbocycles. The number of allylic oxidation sites excluding steroid dienone is 2. The van der Waals surface area contributed by atoms with Gasteiger partial charge in [0.25, 0.3) is 0 Å².